The van der Waals surface area contributed by atoms with Crippen molar-refractivity contribution in [2.24, 2.45) is 11.5 Å². The maximum absolute atomic E-state index is 11.8. The second kappa shape index (κ2) is 45.9. The average molecular weight is 727 g/mol. The minimum absolute atomic E-state index is 0.0150. The minimum Gasteiger partial charge on any atom is -0.379 e. The van der Waals surface area contributed by atoms with E-state index < -0.39 is 7.82 Å². The predicted molar refractivity (Wildman–Crippen MR) is 205 cm³/mol. The normalized spacial score (nSPS) is 11.6. The number of ether oxygens (including phenoxy) is 4. The number of rotatable bonds is 41. The van der Waals surface area contributed by atoms with Gasteiger partial charge in [0.1, 0.15) is 0 Å². The van der Waals surface area contributed by atoms with Gasteiger partial charge in [0, 0.05) is 13.2 Å². The Morgan fingerprint density at radius 3 is 0.918 bits per heavy atom. The van der Waals surface area contributed by atoms with E-state index in [9.17, 15) is 9.46 Å². The summed E-state index contributed by atoms with van der Waals surface area (Å²) in [6, 6.07) is 0. The summed E-state index contributed by atoms with van der Waals surface area (Å²) in [5.74, 6) is 0. The van der Waals surface area contributed by atoms with E-state index in [1.807, 2.05) is 0 Å². The van der Waals surface area contributed by atoms with Crippen molar-refractivity contribution in [1.82, 2.24) is 0 Å². The van der Waals surface area contributed by atoms with Crippen molar-refractivity contribution in [1.29, 1.82) is 0 Å². The molecule has 11 heteroatoms. The highest BCUT2D eigenvalue weighted by atomic mass is 31.2. The largest absolute Gasteiger partial charge is 0.472 e. The molecule has 49 heavy (non-hydrogen) atoms. The topological polar surface area (TPSA) is 145 Å². The number of hydrogen-bond acceptors (Lipinski definition) is 9. The van der Waals surface area contributed by atoms with Crippen LogP contribution in [0.25, 0.3) is 0 Å². The lowest BCUT2D eigenvalue weighted by Crippen LogP contribution is -2.11. The van der Waals surface area contributed by atoms with Crippen molar-refractivity contribution in [2.75, 3.05) is 79.2 Å². The first kappa shape index (κ1) is 51.0. The molecule has 0 aromatic carbocycles. The molecule has 0 radical (unpaired) electrons. The molecule has 0 aromatic heterocycles. The molecule has 0 aromatic rings. The molecule has 0 amide bonds. The lowest BCUT2D eigenvalue weighted by atomic mass is 10.1. The summed E-state index contributed by atoms with van der Waals surface area (Å²) in [6.45, 7) is 9.97. The zero-order valence-electron chi connectivity index (χ0n) is 32.4. The van der Waals surface area contributed by atoms with Crippen LogP contribution in [0.4, 0.5) is 0 Å². The van der Waals surface area contributed by atoms with Crippen molar-refractivity contribution < 1.29 is 37.5 Å². The van der Waals surface area contributed by atoms with Crippen molar-refractivity contribution >= 4 is 7.82 Å². The maximum Gasteiger partial charge on any atom is 0.472 e. The molecule has 0 heterocycles. The molecule has 0 bridgehead atoms. The van der Waals surface area contributed by atoms with Gasteiger partial charge in [-0.05, 0) is 38.8 Å². The van der Waals surface area contributed by atoms with Gasteiger partial charge >= 0.3 is 7.82 Å². The number of nitrogens with two attached hydrogens (primary N) is 2. The quantitative estimate of drug-likeness (QED) is 0.0411. The molecule has 0 atom stereocenters. The fourth-order valence-corrected chi connectivity index (χ4v) is 5.81. The predicted octanol–water partition coefficient (Wildman–Crippen LogP) is 9.49. The minimum atomic E-state index is -4.08. The summed E-state index contributed by atoms with van der Waals surface area (Å²) in [6.07, 6.45) is 31.1. The Kier molecular flexibility index (Phi) is 47.7. The third-order valence-corrected chi connectivity index (χ3v) is 9.17. The van der Waals surface area contributed by atoms with Gasteiger partial charge in [0.15, 0.2) is 0 Å². The number of unbranched alkanes of at least 4 members (excludes halogenated alkanes) is 21. The van der Waals surface area contributed by atoms with Crippen LogP contribution in [0.3, 0.4) is 0 Å². The monoisotopic (exact) mass is 727 g/mol. The van der Waals surface area contributed by atoms with Gasteiger partial charge < -0.3 is 35.3 Å². The van der Waals surface area contributed by atoms with Gasteiger partial charge in [0.25, 0.3) is 0 Å². The van der Waals surface area contributed by atoms with Crippen LogP contribution >= 0.6 is 7.82 Å². The van der Waals surface area contributed by atoms with Crippen LogP contribution in [0, 0.1) is 0 Å². The summed E-state index contributed by atoms with van der Waals surface area (Å²) in [5.41, 5.74) is 10.9. The van der Waals surface area contributed by atoms with Crippen LogP contribution in [-0.4, -0.2) is 84.1 Å². The first-order valence-corrected chi connectivity index (χ1v) is 21.9. The molecule has 0 saturated carbocycles. The second-order valence-corrected chi connectivity index (χ2v) is 14.4. The van der Waals surface area contributed by atoms with E-state index in [0.717, 1.165) is 39.1 Å². The molecule has 0 fully saturated rings. The molecule has 0 aliphatic carbocycles. The molecule has 0 aliphatic rings. The smallest absolute Gasteiger partial charge is 0.379 e. The fourth-order valence-electron chi connectivity index (χ4n) is 5.13. The SMILES string of the molecule is CCCCCCCCCOCCOCCOP(=O)(O)OCCOCCOCCCCCCCCC.NCCCCCCCCCCCCN. The van der Waals surface area contributed by atoms with E-state index in [0.29, 0.717) is 26.4 Å². The third kappa shape index (κ3) is 50.0. The summed E-state index contributed by atoms with van der Waals surface area (Å²) in [7, 11) is -4.08. The van der Waals surface area contributed by atoms with E-state index in [1.54, 1.807) is 0 Å². The molecule has 0 unspecified atom stereocenters. The van der Waals surface area contributed by atoms with Gasteiger partial charge in [0.2, 0.25) is 0 Å². The van der Waals surface area contributed by atoms with E-state index in [4.69, 9.17) is 39.5 Å². The Morgan fingerprint density at radius 2 is 0.612 bits per heavy atom. The van der Waals surface area contributed by atoms with E-state index in [-0.39, 0.29) is 26.4 Å². The summed E-state index contributed by atoms with van der Waals surface area (Å²) in [5, 5.41) is 0. The highest BCUT2D eigenvalue weighted by Crippen LogP contribution is 2.42. The van der Waals surface area contributed by atoms with Gasteiger partial charge in [-0.25, -0.2) is 4.57 Å². The molecule has 298 valence electrons. The average Bonchev–Trinajstić information content (AvgIpc) is 3.09. The third-order valence-electron chi connectivity index (χ3n) is 8.15. The van der Waals surface area contributed by atoms with Crippen LogP contribution < -0.4 is 11.5 Å². The van der Waals surface area contributed by atoms with Crippen molar-refractivity contribution in [3.8, 4) is 0 Å². The van der Waals surface area contributed by atoms with Gasteiger partial charge in [-0.15, -0.1) is 0 Å². The Labute approximate surface area is 303 Å². The van der Waals surface area contributed by atoms with E-state index >= 15 is 0 Å². The molecule has 5 N–H and O–H groups in total. The van der Waals surface area contributed by atoms with E-state index in [2.05, 4.69) is 13.8 Å². The maximum atomic E-state index is 11.8. The van der Waals surface area contributed by atoms with Crippen LogP contribution in [0.15, 0.2) is 0 Å². The fraction of sp³-hybridized carbons (Fsp3) is 1.00. The van der Waals surface area contributed by atoms with Crippen LogP contribution in [0.1, 0.15) is 168 Å². The zero-order chi connectivity index (χ0) is 36.2. The molecule has 0 saturated heterocycles. The second-order valence-electron chi connectivity index (χ2n) is 12.9. The number of phosphoric ester groups is 1. The Hall–Kier alpha value is -0.130. The van der Waals surface area contributed by atoms with Gasteiger partial charge in [-0.3, -0.25) is 9.05 Å². The Bertz CT molecular complexity index is 589. The van der Waals surface area contributed by atoms with Crippen molar-refractivity contribution in [3.63, 3.8) is 0 Å². The highest BCUT2D eigenvalue weighted by molar-refractivity contribution is 7.47. The lowest BCUT2D eigenvalue weighted by molar-refractivity contribution is 0.0193. The molecule has 0 aliphatic heterocycles. The first-order valence-electron chi connectivity index (χ1n) is 20.4. The zero-order valence-corrected chi connectivity index (χ0v) is 33.3. The van der Waals surface area contributed by atoms with Gasteiger partial charge in [-0.1, -0.05) is 142 Å². The van der Waals surface area contributed by atoms with Crippen LogP contribution in [0.2, 0.25) is 0 Å². The number of phosphoric acid groups is 1. The standard InChI is InChI=1S/C26H55O8P.C12H28N2/c1-3-5-7-9-11-13-15-17-29-19-21-31-23-25-33-35(27,28)34-26-24-32-22-20-30-18-16-14-12-10-8-6-4-2;13-11-9-7-5-3-1-2-4-6-8-10-12-14/h3-26H2,1-2H3,(H,27,28);1-14H2. The summed E-state index contributed by atoms with van der Waals surface area (Å²) in [4.78, 5) is 9.65. The highest BCUT2D eigenvalue weighted by Gasteiger charge is 2.20. The van der Waals surface area contributed by atoms with Crippen molar-refractivity contribution in [2.45, 2.75) is 168 Å². The number of hydrogen-bond donors (Lipinski definition) is 3. The van der Waals surface area contributed by atoms with Crippen LogP contribution in [0.5, 0.6) is 0 Å². The molecular weight excluding hydrogens is 643 g/mol. The lowest BCUT2D eigenvalue weighted by Gasteiger charge is -2.12. The van der Waals surface area contributed by atoms with Crippen molar-refractivity contribution in [3.05, 3.63) is 0 Å². The summed E-state index contributed by atoms with van der Waals surface area (Å²) >= 11 is 0. The Balaban J connectivity index is 0. The Morgan fingerprint density at radius 1 is 0.367 bits per heavy atom. The molecule has 0 spiro atoms. The first-order chi connectivity index (χ1) is 24.0. The summed E-state index contributed by atoms with van der Waals surface area (Å²) < 4.78 is 43.3. The molecule has 0 rings (SSSR count). The van der Waals surface area contributed by atoms with Crippen LogP contribution in [-0.2, 0) is 32.6 Å². The van der Waals surface area contributed by atoms with Gasteiger partial charge in [-0.2, -0.15) is 0 Å². The molecule has 10 nitrogen and oxygen atoms in total. The van der Waals surface area contributed by atoms with E-state index in [1.165, 1.54) is 141 Å². The van der Waals surface area contributed by atoms with Gasteiger partial charge in [0.05, 0.1) is 52.9 Å². The molecular formula is C38H83N2O8P.